The Morgan fingerprint density at radius 1 is 1.41 bits per heavy atom. The Kier molecular flexibility index (Phi) is 6.27. The molecule has 1 rings (SSSR count). The monoisotopic (exact) mass is 256 g/mol. The van der Waals surface area contributed by atoms with E-state index in [-0.39, 0.29) is 5.91 Å². The molecule has 0 saturated heterocycles. The average molecular weight is 257 g/mol. The van der Waals surface area contributed by atoms with Crippen molar-refractivity contribution in [3.63, 3.8) is 0 Å². The zero-order chi connectivity index (χ0) is 12.7. The van der Waals surface area contributed by atoms with E-state index in [1.54, 1.807) is 13.1 Å². The summed E-state index contributed by atoms with van der Waals surface area (Å²) >= 11 is 5.67. The van der Waals surface area contributed by atoms with Crippen LogP contribution in [0.5, 0.6) is 0 Å². The molecule has 0 spiro atoms. The van der Waals surface area contributed by atoms with Crippen molar-refractivity contribution in [3.8, 4) is 0 Å². The van der Waals surface area contributed by atoms with Gasteiger partial charge in [-0.15, -0.1) is 11.6 Å². The zero-order valence-corrected chi connectivity index (χ0v) is 11.4. The van der Waals surface area contributed by atoms with Gasteiger partial charge in [0.2, 0.25) is 0 Å². The number of rotatable bonds is 4. The zero-order valence-electron chi connectivity index (χ0n) is 10.6. The van der Waals surface area contributed by atoms with Gasteiger partial charge in [-0.1, -0.05) is 25.3 Å². The molecular formula is C13H21ClN2O. The maximum absolute atomic E-state index is 12.1. The van der Waals surface area contributed by atoms with Crippen molar-refractivity contribution in [3.05, 3.63) is 11.6 Å². The first-order chi connectivity index (χ1) is 8.19. The molecule has 0 bridgehead atoms. The fraction of sp³-hybridized carbons (Fsp3) is 0.692. The van der Waals surface area contributed by atoms with E-state index in [2.05, 4.69) is 10.3 Å². The molecule has 0 heterocycles. The maximum Gasteiger partial charge on any atom is 0.253 e. The minimum Gasteiger partial charge on any atom is -0.349 e. The van der Waals surface area contributed by atoms with Crippen LogP contribution in [0.4, 0.5) is 0 Å². The minimum atomic E-state index is -0.0411. The number of aliphatic imine (C=N–C) groups is 1. The number of amides is 1. The van der Waals surface area contributed by atoms with Crippen molar-refractivity contribution in [2.24, 2.45) is 4.99 Å². The van der Waals surface area contributed by atoms with Crippen molar-refractivity contribution >= 4 is 23.2 Å². The molecule has 0 radical (unpaired) electrons. The minimum absolute atomic E-state index is 0.0411. The van der Waals surface area contributed by atoms with E-state index in [1.165, 1.54) is 19.3 Å². The van der Waals surface area contributed by atoms with Gasteiger partial charge >= 0.3 is 0 Å². The van der Waals surface area contributed by atoms with Gasteiger partial charge in [0.15, 0.2) is 0 Å². The number of alkyl halides is 1. The van der Waals surface area contributed by atoms with Crippen LogP contribution in [0.15, 0.2) is 16.6 Å². The molecule has 0 aromatic rings. The molecule has 0 aromatic heterocycles. The van der Waals surface area contributed by atoms with Gasteiger partial charge in [0.05, 0.1) is 5.57 Å². The Bertz CT molecular complexity index is 317. The second kappa shape index (κ2) is 7.49. The SMILES string of the molecule is C/N=C(C)\C(=C/CCl)C(=O)NC1CCCCC1. The molecule has 1 aliphatic rings. The van der Waals surface area contributed by atoms with Gasteiger partial charge in [-0.05, 0) is 19.8 Å². The summed E-state index contributed by atoms with van der Waals surface area (Å²) in [5.74, 6) is 0.293. The third-order valence-corrected chi connectivity index (χ3v) is 3.35. The number of halogens is 1. The summed E-state index contributed by atoms with van der Waals surface area (Å²) in [6.45, 7) is 1.83. The van der Waals surface area contributed by atoms with Gasteiger partial charge in [-0.3, -0.25) is 9.79 Å². The lowest BCUT2D eigenvalue weighted by Crippen LogP contribution is -2.38. The van der Waals surface area contributed by atoms with Crippen molar-refractivity contribution in [2.75, 3.05) is 12.9 Å². The fourth-order valence-corrected chi connectivity index (χ4v) is 2.27. The number of carbonyl (C=O) groups excluding carboxylic acids is 1. The lowest BCUT2D eigenvalue weighted by molar-refractivity contribution is -0.117. The highest BCUT2D eigenvalue weighted by molar-refractivity contribution is 6.23. The summed E-state index contributed by atoms with van der Waals surface area (Å²) in [5, 5.41) is 3.07. The van der Waals surface area contributed by atoms with E-state index >= 15 is 0 Å². The van der Waals surface area contributed by atoms with Crippen LogP contribution in [-0.2, 0) is 4.79 Å². The van der Waals surface area contributed by atoms with Gasteiger partial charge in [-0.2, -0.15) is 0 Å². The van der Waals surface area contributed by atoms with Crippen LogP contribution in [-0.4, -0.2) is 30.6 Å². The Hall–Kier alpha value is -0.830. The second-order valence-corrected chi connectivity index (χ2v) is 4.70. The fourth-order valence-electron chi connectivity index (χ4n) is 2.11. The predicted octanol–water partition coefficient (Wildman–Crippen LogP) is 2.69. The normalized spacial score (nSPS) is 19.2. The Labute approximate surface area is 108 Å². The summed E-state index contributed by atoms with van der Waals surface area (Å²) in [6.07, 6.45) is 7.60. The van der Waals surface area contributed by atoms with Gasteiger partial charge in [0.25, 0.3) is 5.91 Å². The molecule has 1 aliphatic carbocycles. The number of allylic oxidation sites excluding steroid dienone is 1. The average Bonchev–Trinajstić information content (AvgIpc) is 2.36. The van der Waals surface area contributed by atoms with Crippen molar-refractivity contribution in [2.45, 2.75) is 45.1 Å². The smallest absolute Gasteiger partial charge is 0.253 e. The molecule has 96 valence electrons. The van der Waals surface area contributed by atoms with Gasteiger partial charge in [0, 0.05) is 24.7 Å². The maximum atomic E-state index is 12.1. The van der Waals surface area contributed by atoms with E-state index in [1.807, 2.05) is 6.92 Å². The lowest BCUT2D eigenvalue weighted by atomic mass is 9.95. The number of carbonyl (C=O) groups is 1. The topological polar surface area (TPSA) is 41.5 Å². The van der Waals surface area contributed by atoms with Crippen LogP contribution >= 0.6 is 11.6 Å². The first-order valence-corrected chi connectivity index (χ1v) is 6.73. The third kappa shape index (κ3) is 4.50. The van der Waals surface area contributed by atoms with Crippen molar-refractivity contribution < 1.29 is 4.79 Å². The van der Waals surface area contributed by atoms with Crippen LogP contribution in [0.25, 0.3) is 0 Å². The summed E-state index contributed by atoms with van der Waals surface area (Å²) in [5.41, 5.74) is 1.34. The highest BCUT2D eigenvalue weighted by Crippen LogP contribution is 2.17. The van der Waals surface area contributed by atoms with E-state index in [0.29, 0.717) is 17.5 Å². The highest BCUT2D eigenvalue weighted by atomic mass is 35.5. The highest BCUT2D eigenvalue weighted by Gasteiger charge is 2.18. The van der Waals surface area contributed by atoms with Gasteiger partial charge in [-0.25, -0.2) is 0 Å². The Morgan fingerprint density at radius 3 is 2.59 bits per heavy atom. The molecule has 1 amide bonds. The van der Waals surface area contributed by atoms with E-state index in [4.69, 9.17) is 11.6 Å². The molecule has 0 atom stereocenters. The molecule has 1 fully saturated rings. The van der Waals surface area contributed by atoms with Crippen molar-refractivity contribution in [1.82, 2.24) is 5.32 Å². The standard InChI is InChI=1S/C13H21ClN2O/c1-10(15-2)12(8-9-14)13(17)16-11-6-4-3-5-7-11/h8,11H,3-7,9H2,1-2H3,(H,16,17)/b12-8+,15-10-. The van der Waals surface area contributed by atoms with E-state index < -0.39 is 0 Å². The van der Waals surface area contributed by atoms with Gasteiger partial charge in [0.1, 0.15) is 0 Å². The quantitative estimate of drug-likeness (QED) is 0.469. The van der Waals surface area contributed by atoms with Crippen LogP contribution < -0.4 is 5.32 Å². The van der Waals surface area contributed by atoms with E-state index in [9.17, 15) is 4.79 Å². The van der Waals surface area contributed by atoms with Crippen LogP contribution in [0.3, 0.4) is 0 Å². The summed E-state index contributed by atoms with van der Waals surface area (Å²) in [6, 6.07) is 0.319. The number of hydrogen-bond acceptors (Lipinski definition) is 2. The van der Waals surface area contributed by atoms with Crippen molar-refractivity contribution in [1.29, 1.82) is 0 Å². The molecule has 0 aliphatic heterocycles. The van der Waals surface area contributed by atoms with E-state index in [0.717, 1.165) is 18.6 Å². The van der Waals surface area contributed by atoms with Crippen LogP contribution in [0, 0.1) is 0 Å². The van der Waals surface area contributed by atoms with Crippen LogP contribution in [0.1, 0.15) is 39.0 Å². The predicted molar refractivity (Wildman–Crippen MR) is 72.9 cm³/mol. The third-order valence-electron chi connectivity index (χ3n) is 3.19. The number of nitrogens with one attached hydrogen (secondary N) is 1. The molecule has 1 N–H and O–H groups in total. The summed E-state index contributed by atoms with van der Waals surface area (Å²) in [7, 11) is 1.69. The van der Waals surface area contributed by atoms with Crippen LogP contribution in [0.2, 0.25) is 0 Å². The number of nitrogens with zero attached hydrogens (tertiary/aromatic N) is 1. The molecule has 4 heteroatoms. The largest absolute Gasteiger partial charge is 0.349 e. The molecule has 1 saturated carbocycles. The molecule has 17 heavy (non-hydrogen) atoms. The Balaban J connectivity index is 2.62. The molecule has 0 aromatic carbocycles. The summed E-state index contributed by atoms with van der Waals surface area (Å²) < 4.78 is 0. The number of hydrogen-bond donors (Lipinski definition) is 1. The summed E-state index contributed by atoms with van der Waals surface area (Å²) in [4.78, 5) is 16.1. The lowest BCUT2D eigenvalue weighted by Gasteiger charge is -2.23. The Morgan fingerprint density at radius 2 is 2.06 bits per heavy atom. The second-order valence-electron chi connectivity index (χ2n) is 4.39. The van der Waals surface area contributed by atoms with Gasteiger partial charge < -0.3 is 5.32 Å². The first kappa shape index (κ1) is 14.2. The first-order valence-electron chi connectivity index (χ1n) is 6.19. The molecule has 0 unspecified atom stereocenters. The molecular weight excluding hydrogens is 236 g/mol. The molecule has 3 nitrogen and oxygen atoms in total.